The summed E-state index contributed by atoms with van der Waals surface area (Å²) in [5.74, 6) is 1.56. The Labute approximate surface area is 184 Å². The lowest BCUT2D eigenvalue weighted by atomic mass is 10.2. The lowest BCUT2D eigenvalue weighted by molar-refractivity contribution is 0.142. The number of rotatable bonds is 5. The summed E-state index contributed by atoms with van der Waals surface area (Å²) >= 11 is 10.1. The van der Waals surface area contributed by atoms with E-state index in [0.717, 1.165) is 37.0 Å². The Hall–Kier alpha value is -2.92. The van der Waals surface area contributed by atoms with Crippen molar-refractivity contribution in [1.29, 1.82) is 0 Å². The molecule has 0 aromatic carbocycles. The zero-order valence-corrected chi connectivity index (χ0v) is 17.7. The molecule has 2 saturated heterocycles. The topological polar surface area (TPSA) is 94.3 Å². The summed E-state index contributed by atoms with van der Waals surface area (Å²) in [6.45, 7) is 3.75. The fourth-order valence-electron chi connectivity index (χ4n) is 3.46. The second kappa shape index (κ2) is 8.84. The first-order valence-electron chi connectivity index (χ1n) is 9.50. The SMILES string of the molecule is O=C1OC(CNC(O)=S)CN1c1ccc(N2CCN(C(=S)c3ccco3)CC2)nc1. The van der Waals surface area contributed by atoms with Crippen LogP contribution in [0, 0.1) is 0 Å². The summed E-state index contributed by atoms with van der Waals surface area (Å²) in [5.41, 5.74) is 0.662. The molecule has 2 N–H and O–H groups in total. The number of anilines is 2. The van der Waals surface area contributed by atoms with Crippen molar-refractivity contribution in [2.45, 2.75) is 6.10 Å². The third-order valence-electron chi connectivity index (χ3n) is 5.02. The van der Waals surface area contributed by atoms with Gasteiger partial charge in [-0.1, -0.05) is 12.2 Å². The molecule has 1 unspecified atom stereocenters. The molecule has 2 aromatic heterocycles. The maximum absolute atomic E-state index is 12.1. The number of carbonyl (C=O) groups excluding carboxylic acids is 1. The van der Waals surface area contributed by atoms with E-state index < -0.39 is 12.2 Å². The van der Waals surface area contributed by atoms with E-state index in [-0.39, 0.29) is 11.7 Å². The van der Waals surface area contributed by atoms with Crippen LogP contribution in [0.25, 0.3) is 0 Å². The Morgan fingerprint density at radius 1 is 1.23 bits per heavy atom. The summed E-state index contributed by atoms with van der Waals surface area (Å²) in [6, 6.07) is 7.46. The van der Waals surface area contributed by atoms with Gasteiger partial charge in [0.05, 0.1) is 31.2 Å². The van der Waals surface area contributed by atoms with Gasteiger partial charge in [0.1, 0.15) is 16.9 Å². The Bertz CT molecular complexity index is 914. The standard InChI is InChI=1S/C19H21N5O4S2/c25-18(30)21-11-14-12-24(19(26)28-14)13-3-4-16(20-10-13)22-5-7-23(8-6-22)17(29)15-2-1-9-27-15/h1-4,9-10,14H,5-8,11-12H2,(H2,21,25,30). The van der Waals surface area contributed by atoms with E-state index in [2.05, 4.69) is 32.3 Å². The molecular formula is C19H21N5O4S2. The van der Waals surface area contributed by atoms with Crippen LogP contribution < -0.4 is 15.1 Å². The van der Waals surface area contributed by atoms with Crippen LogP contribution in [-0.4, -0.2) is 76.6 Å². The van der Waals surface area contributed by atoms with Gasteiger partial charge in [-0.25, -0.2) is 9.78 Å². The van der Waals surface area contributed by atoms with Crippen molar-refractivity contribution in [3.8, 4) is 0 Å². The average Bonchev–Trinajstić information content (AvgIpc) is 3.42. The van der Waals surface area contributed by atoms with Gasteiger partial charge < -0.3 is 29.4 Å². The Balaban J connectivity index is 1.33. The number of hydrogen-bond donors (Lipinski definition) is 2. The summed E-state index contributed by atoms with van der Waals surface area (Å²) in [4.78, 5) is 23.2. The highest BCUT2D eigenvalue weighted by Gasteiger charge is 2.32. The van der Waals surface area contributed by atoms with E-state index in [4.69, 9.17) is 26.5 Å². The molecule has 4 rings (SSSR count). The van der Waals surface area contributed by atoms with E-state index in [9.17, 15) is 4.79 Å². The van der Waals surface area contributed by atoms with Crippen LogP contribution in [0.3, 0.4) is 0 Å². The lowest BCUT2D eigenvalue weighted by Crippen LogP contribution is -2.48. The van der Waals surface area contributed by atoms with E-state index in [1.807, 2.05) is 24.3 Å². The van der Waals surface area contributed by atoms with E-state index in [1.165, 1.54) is 4.90 Å². The van der Waals surface area contributed by atoms with Gasteiger partial charge in [-0.3, -0.25) is 4.90 Å². The lowest BCUT2D eigenvalue weighted by Gasteiger charge is -2.36. The van der Waals surface area contributed by atoms with E-state index in [0.29, 0.717) is 18.0 Å². The normalized spacial score (nSPS) is 19.0. The fraction of sp³-hybridized carbons (Fsp3) is 0.368. The number of piperazine rings is 1. The van der Waals surface area contributed by atoms with Crippen molar-refractivity contribution in [2.75, 3.05) is 49.1 Å². The largest absolute Gasteiger partial charge is 0.487 e. The van der Waals surface area contributed by atoms with Crippen molar-refractivity contribution < 1.29 is 19.1 Å². The Kier molecular flexibility index (Phi) is 6.00. The van der Waals surface area contributed by atoms with Crippen molar-refractivity contribution in [3.63, 3.8) is 0 Å². The number of aliphatic hydroxyl groups is 1. The van der Waals surface area contributed by atoms with Crippen molar-refractivity contribution in [3.05, 3.63) is 42.5 Å². The molecule has 1 amide bonds. The average molecular weight is 448 g/mol. The Morgan fingerprint density at radius 3 is 2.67 bits per heavy atom. The summed E-state index contributed by atoms with van der Waals surface area (Å²) in [6.07, 6.45) is 2.46. The van der Waals surface area contributed by atoms with Crippen molar-refractivity contribution in [1.82, 2.24) is 15.2 Å². The number of pyridine rings is 1. The number of cyclic esters (lactones) is 1. The number of ether oxygens (including phenoxy) is 1. The van der Waals surface area contributed by atoms with Crippen LogP contribution in [0.2, 0.25) is 0 Å². The quantitative estimate of drug-likeness (QED) is 0.662. The second-order valence-electron chi connectivity index (χ2n) is 6.93. The number of furan rings is 1. The molecule has 2 fully saturated rings. The number of nitrogens with zero attached hydrogens (tertiary/aromatic N) is 4. The predicted octanol–water partition coefficient (Wildman–Crippen LogP) is 1.93. The zero-order chi connectivity index (χ0) is 21.1. The van der Waals surface area contributed by atoms with Crippen LogP contribution in [0.1, 0.15) is 5.76 Å². The highest BCUT2D eigenvalue weighted by atomic mass is 32.1. The summed E-state index contributed by atoms with van der Waals surface area (Å²) < 4.78 is 10.7. The molecule has 9 nitrogen and oxygen atoms in total. The maximum atomic E-state index is 12.1. The van der Waals surface area contributed by atoms with E-state index in [1.54, 1.807) is 12.5 Å². The van der Waals surface area contributed by atoms with Gasteiger partial charge in [-0.05, 0) is 36.5 Å². The highest BCUT2D eigenvalue weighted by Crippen LogP contribution is 2.23. The van der Waals surface area contributed by atoms with Gasteiger partial charge in [0.15, 0.2) is 5.76 Å². The minimum atomic E-state index is -0.444. The molecule has 0 bridgehead atoms. The van der Waals surface area contributed by atoms with Crippen molar-refractivity contribution in [2.24, 2.45) is 0 Å². The molecule has 2 aliphatic rings. The van der Waals surface area contributed by atoms with Crippen LogP contribution >= 0.6 is 24.4 Å². The van der Waals surface area contributed by atoms with Gasteiger partial charge in [-0.15, -0.1) is 0 Å². The third kappa shape index (κ3) is 4.46. The number of thiocarbonyl (C=S) groups is 2. The number of aliphatic hydroxyl groups excluding tert-OH is 1. The molecule has 30 heavy (non-hydrogen) atoms. The van der Waals surface area contributed by atoms with Gasteiger partial charge in [-0.2, -0.15) is 0 Å². The number of carbonyl (C=O) groups is 1. The van der Waals surface area contributed by atoms with Crippen LogP contribution in [0.4, 0.5) is 16.3 Å². The fourth-order valence-corrected chi connectivity index (χ4v) is 3.84. The second-order valence-corrected chi connectivity index (χ2v) is 7.71. The number of aromatic nitrogens is 1. The van der Waals surface area contributed by atoms with E-state index >= 15 is 0 Å². The molecule has 158 valence electrons. The molecule has 2 aliphatic heterocycles. The van der Waals surface area contributed by atoms with Crippen LogP contribution in [0.15, 0.2) is 41.1 Å². The maximum Gasteiger partial charge on any atom is 0.414 e. The zero-order valence-electron chi connectivity index (χ0n) is 16.1. The molecule has 0 spiro atoms. The number of nitrogens with one attached hydrogen (secondary N) is 1. The first kappa shape index (κ1) is 20.4. The number of amides is 1. The molecule has 1 atom stereocenters. The first-order chi connectivity index (χ1) is 14.5. The third-order valence-corrected chi connectivity index (χ3v) is 5.63. The van der Waals surface area contributed by atoms with Gasteiger partial charge in [0, 0.05) is 26.2 Å². The molecule has 2 aromatic rings. The number of hydrogen-bond acceptors (Lipinski definition) is 7. The van der Waals surface area contributed by atoms with Crippen LogP contribution in [0.5, 0.6) is 0 Å². The molecule has 11 heteroatoms. The minimum absolute atomic E-state index is 0.257. The predicted molar refractivity (Wildman–Crippen MR) is 119 cm³/mol. The Morgan fingerprint density at radius 2 is 2.03 bits per heavy atom. The molecule has 0 aliphatic carbocycles. The van der Waals surface area contributed by atoms with Gasteiger partial charge in [0.2, 0.25) is 0 Å². The van der Waals surface area contributed by atoms with Crippen molar-refractivity contribution >= 4 is 52.2 Å². The first-order valence-corrected chi connectivity index (χ1v) is 10.3. The summed E-state index contributed by atoms with van der Waals surface area (Å²) in [5, 5.41) is 11.3. The van der Waals surface area contributed by atoms with Gasteiger partial charge in [0.25, 0.3) is 5.17 Å². The minimum Gasteiger partial charge on any atom is -0.487 e. The molecule has 4 heterocycles. The highest BCUT2D eigenvalue weighted by molar-refractivity contribution is 7.80. The summed E-state index contributed by atoms with van der Waals surface area (Å²) in [7, 11) is 0. The molecular weight excluding hydrogens is 426 g/mol. The molecule has 0 saturated carbocycles. The smallest absolute Gasteiger partial charge is 0.414 e. The monoisotopic (exact) mass is 447 g/mol. The van der Waals surface area contributed by atoms with Crippen LogP contribution in [-0.2, 0) is 4.74 Å². The molecule has 0 radical (unpaired) electrons. The van der Waals surface area contributed by atoms with Gasteiger partial charge >= 0.3 is 6.09 Å².